The number of oxime groups is 1. The molecule has 1 saturated heterocycles. The van der Waals surface area contributed by atoms with Gasteiger partial charge in [-0.2, -0.15) is 0 Å². The zero-order valence-electron chi connectivity index (χ0n) is 31.4. The summed E-state index contributed by atoms with van der Waals surface area (Å²) in [4.78, 5) is 62.8. The number of carbonyl (C=O) groups excluding carboxylic acids is 3. The van der Waals surface area contributed by atoms with Crippen LogP contribution in [-0.2, 0) is 20.9 Å². The Labute approximate surface area is 310 Å². The van der Waals surface area contributed by atoms with Crippen molar-refractivity contribution in [1.82, 2.24) is 14.8 Å². The van der Waals surface area contributed by atoms with Crippen LogP contribution < -0.4 is 15.5 Å². The van der Waals surface area contributed by atoms with E-state index in [1.807, 2.05) is 6.92 Å². The minimum Gasteiger partial charge on any atom is -0.482 e. The Morgan fingerprint density at radius 1 is 1.00 bits per heavy atom. The van der Waals surface area contributed by atoms with Crippen LogP contribution in [0.4, 0.5) is 8.78 Å². The topological polar surface area (TPSA) is 129 Å². The van der Waals surface area contributed by atoms with Gasteiger partial charge in [0.05, 0.1) is 19.6 Å². The first kappa shape index (κ1) is 39.9. The average molecular weight is 741 g/mol. The van der Waals surface area contributed by atoms with E-state index in [0.29, 0.717) is 31.2 Å². The normalized spacial score (nSPS) is 20.4. The van der Waals surface area contributed by atoms with Crippen LogP contribution in [0.5, 0.6) is 5.75 Å². The highest BCUT2D eigenvalue weighted by atomic mass is 19.1. The molecule has 13 heteroatoms. The quantitative estimate of drug-likeness (QED) is 0.122. The van der Waals surface area contributed by atoms with Crippen LogP contribution in [0.25, 0.3) is 0 Å². The number of nitrogens with zero attached hydrogens (tertiary/aromatic N) is 3. The first-order valence-corrected chi connectivity index (χ1v) is 19.4. The molecule has 0 aliphatic carbocycles. The Bertz CT molecular complexity index is 1710. The fourth-order valence-electron chi connectivity index (χ4n) is 7.66. The molecule has 1 fully saturated rings. The SMILES string of the molecule is CCCCCCCCCCCCCCCC(=O)Oc1c2n(cc(C(=O)NCc3ccc(F)cc3F)c1=O)[C@@H]1CN(C2=O)[C@@H](C)CC[C@]12CC(OC)=NO2. The highest BCUT2D eigenvalue weighted by Gasteiger charge is 2.55. The summed E-state index contributed by atoms with van der Waals surface area (Å²) in [6.07, 6.45) is 17.5. The standard InChI is InChI=1S/C40H54F2N4O7/c1-4-5-6-7-8-9-10-11-12-13-14-15-16-17-34(47)52-37-35-39(50)45-26-32(40(21-20-27(45)2)23-33(51-3)44-53-40)46(35)25-30(36(37)48)38(49)43-24-28-18-19-29(41)22-31(28)42/h18-19,22,25,27,32H,4-17,20-21,23-24,26H2,1-3H3,(H,43,49)/t27-,32+,40-/m0/s1. The van der Waals surface area contributed by atoms with E-state index >= 15 is 0 Å². The lowest BCUT2D eigenvalue weighted by Crippen LogP contribution is -2.52. The van der Waals surface area contributed by atoms with Gasteiger partial charge in [-0.15, -0.1) is 0 Å². The molecule has 3 aliphatic rings. The number of nitrogens with one attached hydrogen (secondary N) is 1. The molecular formula is C40H54F2N4O7. The van der Waals surface area contributed by atoms with Crippen molar-refractivity contribution in [2.75, 3.05) is 13.7 Å². The molecule has 3 aliphatic heterocycles. The first-order chi connectivity index (χ1) is 25.6. The smallest absolute Gasteiger partial charge is 0.311 e. The van der Waals surface area contributed by atoms with E-state index in [1.54, 1.807) is 4.90 Å². The molecule has 5 rings (SSSR count). The third kappa shape index (κ3) is 9.64. The number of halogens is 2. The van der Waals surface area contributed by atoms with Crippen LogP contribution in [-0.4, -0.2) is 58.4 Å². The van der Waals surface area contributed by atoms with E-state index in [4.69, 9.17) is 14.3 Å². The number of pyridine rings is 1. The Morgan fingerprint density at radius 2 is 1.66 bits per heavy atom. The van der Waals surface area contributed by atoms with Crippen LogP contribution in [0.3, 0.4) is 0 Å². The molecular weight excluding hydrogens is 686 g/mol. The molecule has 3 atom stereocenters. The summed E-state index contributed by atoms with van der Waals surface area (Å²) in [5.41, 5.74) is -2.45. The molecule has 0 saturated carbocycles. The van der Waals surface area contributed by atoms with E-state index < -0.39 is 57.8 Å². The van der Waals surface area contributed by atoms with E-state index in [0.717, 1.165) is 31.7 Å². The van der Waals surface area contributed by atoms with Crippen LogP contribution in [0, 0.1) is 11.6 Å². The van der Waals surface area contributed by atoms with Crippen molar-refractivity contribution in [3.8, 4) is 5.75 Å². The molecule has 1 N–H and O–H groups in total. The number of rotatable bonds is 18. The highest BCUT2D eigenvalue weighted by molar-refractivity contribution is 6.00. The molecule has 11 nitrogen and oxygen atoms in total. The van der Waals surface area contributed by atoms with E-state index in [1.165, 1.54) is 75.3 Å². The molecule has 1 aromatic heterocycles. The number of benzene rings is 1. The van der Waals surface area contributed by atoms with Gasteiger partial charge in [-0.3, -0.25) is 19.2 Å². The van der Waals surface area contributed by atoms with Gasteiger partial charge in [0.1, 0.15) is 17.2 Å². The summed E-state index contributed by atoms with van der Waals surface area (Å²) in [6, 6.07) is 2.10. The van der Waals surface area contributed by atoms with Crippen molar-refractivity contribution in [1.29, 1.82) is 0 Å². The minimum absolute atomic E-state index is 0.00777. The molecule has 2 bridgehead atoms. The lowest BCUT2D eigenvalue weighted by atomic mass is 9.85. The summed E-state index contributed by atoms with van der Waals surface area (Å²) in [5.74, 6) is -3.85. The molecule has 290 valence electrons. The lowest BCUT2D eigenvalue weighted by molar-refractivity contribution is -0.134. The van der Waals surface area contributed by atoms with Gasteiger partial charge >= 0.3 is 5.97 Å². The maximum atomic E-state index is 14.4. The Morgan fingerprint density at radius 3 is 2.28 bits per heavy atom. The van der Waals surface area contributed by atoms with Gasteiger partial charge in [0.2, 0.25) is 17.1 Å². The van der Waals surface area contributed by atoms with E-state index in [9.17, 15) is 28.0 Å². The molecule has 2 amide bonds. The highest BCUT2D eigenvalue weighted by Crippen LogP contribution is 2.46. The van der Waals surface area contributed by atoms with Crippen LogP contribution >= 0.6 is 0 Å². The summed E-state index contributed by atoms with van der Waals surface area (Å²) in [5, 5.41) is 6.66. The number of carbonyl (C=O) groups is 3. The van der Waals surface area contributed by atoms with Crippen LogP contribution in [0.1, 0.15) is 155 Å². The lowest BCUT2D eigenvalue weighted by Gasteiger charge is -2.41. The number of methoxy groups -OCH3 is 1. The molecule has 1 spiro atoms. The number of hydrogen-bond acceptors (Lipinski definition) is 8. The fourth-order valence-corrected chi connectivity index (χ4v) is 7.66. The van der Waals surface area contributed by atoms with Crippen molar-refractivity contribution in [2.45, 2.75) is 147 Å². The second-order valence-electron chi connectivity index (χ2n) is 14.7. The van der Waals surface area contributed by atoms with Crippen molar-refractivity contribution < 1.29 is 37.5 Å². The zero-order chi connectivity index (χ0) is 38.0. The van der Waals surface area contributed by atoms with Gasteiger partial charge in [-0.05, 0) is 32.3 Å². The van der Waals surface area contributed by atoms with Crippen molar-refractivity contribution in [3.05, 3.63) is 63.1 Å². The number of fused-ring (bicyclic) bond motifs is 5. The Hall–Kier alpha value is -4.29. The number of aromatic nitrogens is 1. The summed E-state index contributed by atoms with van der Waals surface area (Å²) < 4.78 is 40.5. The second kappa shape index (κ2) is 18.6. The first-order valence-electron chi connectivity index (χ1n) is 19.4. The molecule has 0 radical (unpaired) electrons. The number of amides is 2. The monoisotopic (exact) mass is 740 g/mol. The molecule has 53 heavy (non-hydrogen) atoms. The summed E-state index contributed by atoms with van der Waals surface area (Å²) in [6.45, 7) is 3.99. The Balaban J connectivity index is 1.32. The van der Waals surface area contributed by atoms with Gasteiger partial charge < -0.3 is 29.1 Å². The van der Waals surface area contributed by atoms with Gasteiger partial charge in [-0.1, -0.05) is 95.2 Å². The van der Waals surface area contributed by atoms with Gasteiger partial charge in [0.25, 0.3) is 11.8 Å². The zero-order valence-corrected chi connectivity index (χ0v) is 31.4. The number of ether oxygens (including phenoxy) is 2. The average Bonchev–Trinajstić information content (AvgIpc) is 3.52. The van der Waals surface area contributed by atoms with Crippen LogP contribution in [0.2, 0.25) is 0 Å². The third-order valence-corrected chi connectivity index (χ3v) is 10.9. The molecule has 2 aromatic rings. The molecule has 4 heterocycles. The van der Waals surface area contributed by atoms with Crippen molar-refractivity contribution in [2.24, 2.45) is 5.16 Å². The summed E-state index contributed by atoms with van der Waals surface area (Å²) in [7, 11) is 1.49. The minimum atomic E-state index is -0.972. The largest absolute Gasteiger partial charge is 0.482 e. The van der Waals surface area contributed by atoms with Gasteiger partial charge in [-0.25, -0.2) is 8.78 Å². The maximum Gasteiger partial charge on any atom is 0.311 e. The van der Waals surface area contributed by atoms with Crippen LogP contribution in [0.15, 0.2) is 34.3 Å². The van der Waals surface area contributed by atoms with E-state index in [-0.39, 0.29) is 43.2 Å². The second-order valence-corrected chi connectivity index (χ2v) is 14.7. The molecule has 0 unspecified atom stereocenters. The third-order valence-electron chi connectivity index (χ3n) is 10.9. The van der Waals surface area contributed by atoms with E-state index in [2.05, 4.69) is 17.4 Å². The van der Waals surface area contributed by atoms with Crippen molar-refractivity contribution in [3.63, 3.8) is 0 Å². The number of unbranched alkanes of at least 4 members (excludes halogenated alkanes) is 12. The predicted molar refractivity (Wildman–Crippen MR) is 196 cm³/mol. The maximum absolute atomic E-state index is 14.4. The Kier molecular flexibility index (Phi) is 14.0. The van der Waals surface area contributed by atoms with Gasteiger partial charge in [0, 0.05) is 43.4 Å². The number of esters is 1. The fraction of sp³-hybridized carbons (Fsp3) is 0.625. The molecule has 1 aromatic carbocycles. The van der Waals surface area contributed by atoms with Crippen molar-refractivity contribution >= 4 is 23.7 Å². The predicted octanol–water partition coefficient (Wildman–Crippen LogP) is 7.74. The number of hydrogen-bond donors (Lipinski definition) is 1. The summed E-state index contributed by atoms with van der Waals surface area (Å²) >= 11 is 0. The van der Waals surface area contributed by atoms with Gasteiger partial charge in [0.15, 0.2) is 11.3 Å².